The van der Waals surface area contributed by atoms with Gasteiger partial charge in [0.05, 0.1) is 5.56 Å². The zero-order chi connectivity index (χ0) is 17.1. The molecular weight excluding hydrogens is 333 g/mol. The van der Waals surface area contributed by atoms with Crippen molar-refractivity contribution in [3.05, 3.63) is 35.9 Å². The van der Waals surface area contributed by atoms with Gasteiger partial charge in [-0.25, -0.2) is 14.4 Å². The summed E-state index contributed by atoms with van der Waals surface area (Å²) in [5.74, 6) is 0.208. The minimum Gasteiger partial charge on any atom is -0.474 e. The van der Waals surface area contributed by atoms with E-state index in [1.165, 1.54) is 18.5 Å². The van der Waals surface area contributed by atoms with Gasteiger partial charge in [-0.1, -0.05) is 0 Å². The molecule has 2 aromatic rings. The first-order valence-corrected chi connectivity index (χ1v) is 7.97. The van der Waals surface area contributed by atoms with Gasteiger partial charge in [-0.3, -0.25) is 5.32 Å². The van der Waals surface area contributed by atoms with E-state index >= 15 is 0 Å². The fraction of sp³-hybridized carbons (Fsp3) is 0.375. The summed E-state index contributed by atoms with van der Waals surface area (Å²) in [5.41, 5.74) is 0.598. The Labute approximate surface area is 144 Å². The average molecular weight is 351 g/mol. The Morgan fingerprint density at radius 2 is 2.17 bits per heavy atom. The lowest BCUT2D eigenvalue weighted by atomic mass is 10.2. The minimum absolute atomic E-state index is 0.00621. The van der Waals surface area contributed by atoms with Crippen molar-refractivity contribution < 1.29 is 18.6 Å². The van der Waals surface area contributed by atoms with E-state index in [0.29, 0.717) is 29.5 Å². The third-order valence-corrected chi connectivity index (χ3v) is 3.85. The molecule has 0 spiro atoms. The zero-order valence-corrected chi connectivity index (χ0v) is 14.2. The van der Waals surface area contributed by atoms with Gasteiger partial charge in [0.25, 0.3) is 0 Å². The number of hydrogen-bond acceptors (Lipinski definition) is 7. The number of thiol groups is 1. The third-order valence-electron chi connectivity index (χ3n) is 3.57. The summed E-state index contributed by atoms with van der Waals surface area (Å²) in [6, 6.07) is 4.42. The topological polar surface area (TPSA) is 65.5 Å². The van der Waals surface area contributed by atoms with Crippen molar-refractivity contribution in [1.82, 2.24) is 15.3 Å². The van der Waals surface area contributed by atoms with Gasteiger partial charge in [-0.2, -0.15) is 0 Å². The highest BCUT2D eigenvalue weighted by atomic mass is 32.1. The Hall–Kier alpha value is -1.90. The molecule has 0 radical (unpaired) electrons. The van der Waals surface area contributed by atoms with Crippen molar-refractivity contribution in [2.24, 2.45) is 0 Å². The number of nitrogens with one attached hydrogen (secondary N) is 1. The predicted octanol–water partition coefficient (Wildman–Crippen LogP) is 3.07. The molecule has 3 rings (SSSR count). The maximum atomic E-state index is 13.9. The van der Waals surface area contributed by atoms with Crippen LogP contribution in [0.5, 0.6) is 17.5 Å². The van der Waals surface area contributed by atoms with Crippen LogP contribution in [0.15, 0.2) is 29.4 Å². The molecule has 2 unspecified atom stereocenters. The fourth-order valence-electron chi connectivity index (χ4n) is 2.21. The summed E-state index contributed by atoms with van der Waals surface area (Å²) in [7, 11) is 0. The molecule has 1 saturated heterocycles. The molecule has 1 aliphatic rings. The van der Waals surface area contributed by atoms with Gasteiger partial charge in [-0.05, 0) is 32.0 Å². The largest absolute Gasteiger partial charge is 0.474 e. The summed E-state index contributed by atoms with van der Waals surface area (Å²) < 4.78 is 30.6. The van der Waals surface area contributed by atoms with E-state index in [9.17, 15) is 4.39 Å². The molecule has 8 heteroatoms. The SMILES string of the molecule is Cc1c(Oc2ccc(S)cc2F)ncnc1OC(C)CC1NCO1. The standard InChI is InChI=1S/C16H18FN3O3S/c1-9(5-14-20-8-21-14)22-15-10(2)16(19-7-18-15)23-13-4-3-11(24)6-12(13)17/h3-4,6-7,9,14,20,24H,5,8H2,1-2H3. The number of halogens is 1. The first kappa shape index (κ1) is 16.9. The van der Waals surface area contributed by atoms with Crippen LogP contribution in [0.4, 0.5) is 4.39 Å². The number of rotatable bonds is 6. The van der Waals surface area contributed by atoms with Crippen molar-refractivity contribution in [1.29, 1.82) is 0 Å². The van der Waals surface area contributed by atoms with Crippen LogP contribution in [0.3, 0.4) is 0 Å². The van der Waals surface area contributed by atoms with Crippen molar-refractivity contribution in [2.45, 2.75) is 37.5 Å². The summed E-state index contributed by atoms with van der Waals surface area (Å²) in [6.45, 7) is 4.26. The van der Waals surface area contributed by atoms with Crippen LogP contribution in [0.1, 0.15) is 18.9 Å². The predicted molar refractivity (Wildman–Crippen MR) is 88.1 cm³/mol. The normalized spacial score (nSPS) is 17.9. The summed E-state index contributed by atoms with van der Waals surface area (Å²) in [6.07, 6.45) is 1.92. The van der Waals surface area contributed by atoms with E-state index in [-0.39, 0.29) is 24.0 Å². The fourth-order valence-corrected chi connectivity index (χ4v) is 2.40. The van der Waals surface area contributed by atoms with Crippen molar-refractivity contribution in [3.8, 4) is 17.5 Å². The van der Waals surface area contributed by atoms with Gasteiger partial charge in [0, 0.05) is 11.3 Å². The van der Waals surface area contributed by atoms with E-state index in [0.717, 1.165) is 0 Å². The Kier molecular flexibility index (Phi) is 5.17. The second kappa shape index (κ2) is 7.33. The Balaban J connectivity index is 1.72. The lowest BCUT2D eigenvalue weighted by Gasteiger charge is -2.30. The van der Waals surface area contributed by atoms with Crippen LogP contribution in [-0.2, 0) is 4.74 Å². The summed E-state index contributed by atoms with van der Waals surface area (Å²) in [4.78, 5) is 8.70. The molecule has 1 aromatic carbocycles. The minimum atomic E-state index is -0.510. The highest BCUT2D eigenvalue weighted by Gasteiger charge is 2.22. The van der Waals surface area contributed by atoms with Gasteiger partial charge in [-0.15, -0.1) is 12.6 Å². The van der Waals surface area contributed by atoms with Crippen LogP contribution in [0, 0.1) is 12.7 Å². The van der Waals surface area contributed by atoms with Crippen LogP contribution >= 0.6 is 12.6 Å². The number of hydrogen-bond donors (Lipinski definition) is 2. The number of ether oxygens (including phenoxy) is 3. The van der Waals surface area contributed by atoms with E-state index in [2.05, 4.69) is 27.9 Å². The maximum absolute atomic E-state index is 13.9. The van der Waals surface area contributed by atoms with Crippen molar-refractivity contribution >= 4 is 12.6 Å². The second-order valence-corrected chi connectivity index (χ2v) is 6.01. The second-order valence-electron chi connectivity index (χ2n) is 5.49. The molecule has 128 valence electrons. The number of aromatic nitrogens is 2. The van der Waals surface area contributed by atoms with E-state index in [1.807, 2.05) is 6.92 Å². The smallest absolute Gasteiger partial charge is 0.229 e. The molecule has 1 N–H and O–H groups in total. The van der Waals surface area contributed by atoms with Gasteiger partial charge in [0.2, 0.25) is 11.8 Å². The zero-order valence-electron chi connectivity index (χ0n) is 13.3. The van der Waals surface area contributed by atoms with Crippen molar-refractivity contribution in [3.63, 3.8) is 0 Å². The number of benzene rings is 1. The third kappa shape index (κ3) is 3.95. The van der Waals surface area contributed by atoms with E-state index in [4.69, 9.17) is 14.2 Å². The lowest BCUT2D eigenvalue weighted by molar-refractivity contribution is -0.104. The van der Waals surface area contributed by atoms with Crippen molar-refractivity contribution in [2.75, 3.05) is 6.73 Å². The van der Waals surface area contributed by atoms with Gasteiger partial charge < -0.3 is 14.2 Å². The Morgan fingerprint density at radius 3 is 2.83 bits per heavy atom. The first-order valence-electron chi connectivity index (χ1n) is 7.52. The molecule has 2 heterocycles. The van der Waals surface area contributed by atoms with E-state index in [1.54, 1.807) is 13.0 Å². The van der Waals surface area contributed by atoms with Crippen LogP contribution < -0.4 is 14.8 Å². The molecule has 1 fully saturated rings. The Bertz CT molecular complexity index is 728. The molecule has 0 bridgehead atoms. The van der Waals surface area contributed by atoms with Gasteiger partial charge in [0.15, 0.2) is 11.6 Å². The molecule has 24 heavy (non-hydrogen) atoms. The van der Waals surface area contributed by atoms with Crippen LogP contribution in [0.2, 0.25) is 0 Å². The van der Waals surface area contributed by atoms with Gasteiger partial charge >= 0.3 is 0 Å². The average Bonchev–Trinajstić information content (AvgIpc) is 2.50. The molecule has 6 nitrogen and oxygen atoms in total. The summed E-state index contributed by atoms with van der Waals surface area (Å²) in [5, 5.41) is 3.12. The first-order chi connectivity index (χ1) is 11.5. The van der Waals surface area contributed by atoms with Crippen LogP contribution in [-0.4, -0.2) is 29.0 Å². The number of nitrogens with zero attached hydrogens (tertiary/aromatic N) is 2. The van der Waals surface area contributed by atoms with Gasteiger partial charge in [0.1, 0.15) is 25.4 Å². The van der Waals surface area contributed by atoms with Crippen LogP contribution in [0.25, 0.3) is 0 Å². The maximum Gasteiger partial charge on any atom is 0.229 e. The molecule has 0 amide bonds. The highest BCUT2D eigenvalue weighted by molar-refractivity contribution is 7.80. The molecule has 0 saturated carbocycles. The lowest BCUT2D eigenvalue weighted by Crippen LogP contribution is -2.48. The molecule has 2 atom stereocenters. The molecule has 0 aliphatic carbocycles. The molecule has 1 aromatic heterocycles. The molecular formula is C16H18FN3O3S. The highest BCUT2D eigenvalue weighted by Crippen LogP contribution is 2.30. The summed E-state index contributed by atoms with van der Waals surface area (Å²) >= 11 is 4.09. The van der Waals surface area contributed by atoms with E-state index < -0.39 is 5.82 Å². The molecule has 1 aliphatic heterocycles. The Morgan fingerprint density at radius 1 is 1.42 bits per heavy atom. The monoisotopic (exact) mass is 351 g/mol. The quantitative estimate of drug-likeness (QED) is 0.780.